The third kappa shape index (κ3) is 3.61. The van der Waals surface area contributed by atoms with Crippen LogP contribution in [0.5, 0.6) is 0 Å². The van der Waals surface area contributed by atoms with E-state index in [2.05, 4.69) is 5.32 Å². The van der Waals surface area contributed by atoms with Gasteiger partial charge < -0.3 is 5.32 Å². The van der Waals surface area contributed by atoms with Crippen LogP contribution < -0.4 is 5.32 Å². The molecule has 0 bridgehead atoms. The fourth-order valence-corrected chi connectivity index (χ4v) is 2.26. The Balaban J connectivity index is 2.50. The minimum absolute atomic E-state index is 0.0545. The molecule has 0 saturated carbocycles. The van der Waals surface area contributed by atoms with Crippen molar-refractivity contribution in [3.05, 3.63) is 77.4 Å². The summed E-state index contributed by atoms with van der Waals surface area (Å²) >= 11 is 0. The van der Waals surface area contributed by atoms with E-state index >= 15 is 0 Å². The Kier molecular flexibility index (Phi) is 4.91. The molecule has 0 saturated heterocycles. The molecule has 0 aliphatic heterocycles. The van der Waals surface area contributed by atoms with Crippen LogP contribution in [0.2, 0.25) is 0 Å². The molecule has 0 radical (unpaired) electrons. The SMILES string of the molecule is Cc1ccc([N+](=O)[O-])cc1NC(=O)c1cc([N+](=O)[O-])cc([N+](=O)[O-])c1C. The summed E-state index contributed by atoms with van der Waals surface area (Å²) in [5.41, 5.74) is -1.12. The number of hydrogen-bond donors (Lipinski definition) is 1. The van der Waals surface area contributed by atoms with Gasteiger partial charge in [-0.05, 0) is 19.4 Å². The summed E-state index contributed by atoms with van der Waals surface area (Å²) in [6.45, 7) is 2.89. The van der Waals surface area contributed by atoms with Crippen LogP contribution >= 0.6 is 0 Å². The van der Waals surface area contributed by atoms with Gasteiger partial charge in [-0.1, -0.05) is 6.07 Å². The van der Waals surface area contributed by atoms with Crippen LogP contribution in [-0.2, 0) is 0 Å². The van der Waals surface area contributed by atoms with Crippen molar-refractivity contribution >= 4 is 28.7 Å². The molecule has 0 heterocycles. The highest BCUT2D eigenvalue weighted by Gasteiger charge is 2.25. The third-order valence-corrected chi connectivity index (χ3v) is 3.70. The Labute approximate surface area is 145 Å². The molecule has 0 aliphatic rings. The van der Waals surface area contributed by atoms with Gasteiger partial charge in [-0.15, -0.1) is 0 Å². The number of non-ortho nitro benzene ring substituents is 2. The van der Waals surface area contributed by atoms with Gasteiger partial charge in [-0.3, -0.25) is 35.1 Å². The van der Waals surface area contributed by atoms with Crippen molar-refractivity contribution in [2.24, 2.45) is 0 Å². The van der Waals surface area contributed by atoms with Gasteiger partial charge in [-0.25, -0.2) is 0 Å². The number of rotatable bonds is 5. The number of nitro benzene ring substituents is 3. The van der Waals surface area contributed by atoms with Crippen LogP contribution in [0, 0.1) is 44.2 Å². The number of aryl methyl sites for hydroxylation is 1. The average molecular weight is 360 g/mol. The number of nitrogens with one attached hydrogen (secondary N) is 1. The normalized spacial score (nSPS) is 10.2. The van der Waals surface area contributed by atoms with E-state index in [1.807, 2.05) is 0 Å². The molecular weight excluding hydrogens is 348 g/mol. The summed E-state index contributed by atoms with van der Waals surface area (Å²) in [7, 11) is 0. The molecule has 134 valence electrons. The van der Waals surface area contributed by atoms with Gasteiger partial charge in [0.05, 0.1) is 32.1 Å². The third-order valence-electron chi connectivity index (χ3n) is 3.70. The second-order valence-electron chi connectivity index (χ2n) is 5.36. The van der Waals surface area contributed by atoms with Gasteiger partial charge in [0.2, 0.25) is 0 Å². The molecule has 0 aliphatic carbocycles. The first-order valence-electron chi connectivity index (χ1n) is 7.11. The molecule has 0 aromatic heterocycles. The molecule has 0 fully saturated rings. The maximum atomic E-state index is 12.5. The number of nitrogens with zero attached hydrogens (tertiary/aromatic N) is 3. The number of anilines is 1. The predicted molar refractivity (Wildman–Crippen MR) is 90.3 cm³/mol. The highest BCUT2D eigenvalue weighted by molar-refractivity contribution is 6.06. The first-order valence-corrected chi connectivity index (χ1v) is 7.11. The van der Waals surface area contributed by atoms with Crippen molar-refractivity contribution in [3.8, 4) is 0 Å². The lowest BCUT2D eigenvalue weighted by Gasteiger charge is -2.10. The summed E-state index contributed by atoms with van der Waals surface area (Å²) in [6, 6.07) is 5.51. The maximum absolute atomic E-state index is 12.5. The summed E-state index contributed by atoms with van der Waals surface area (Å²) in [6.07, 6.45) is 0. The zero-order chi connectivity index (χ0) is 19.6. The number of nitro groups is 3. The van der Waals surface area contributed by atoms with Gasteiger partial charge in [0, 0.05) is 23.8 Å². The second kappa shape index (κ2) is 6.93. The smallest absolute Gasteiger partial charge is 0.279 e. The molecule has 11 nitrogen and oxygen atoms in total. The molecular formula is C15H12N4O7. The standard InChI is InChI=1S/C15H12N4O7/c1-8-3-4-10(17(21)22)6-13(8)16-15(20)12-5-11(18(23)24)7-14(9(12)2)19(25)26/h3-7H,1-2H3,(H,16,20). The van der Waals surface area contributed by atoms with Crippen LogP contribution in [0.1, 0.15) is 21.5 Å². The van der Waals surface area contributed by atoms with E-state index in [9.17, 15) is 35.1 Å². The fourth-order valence-electron chi connectivity index (χ4n) is 2.26. The summed E-state index contributed by atoms with van der Waals surface area (Å²) in [4.78, 5) is 43.1. The Hall–Kier alpha value is -3.89. The highest BCUT2D eigenvalue weighted by atomic mass is 16.6. The van der Waals surface area contributed by atoms with Crippen LogP contribution in [0.4, 0.5) is 22.7 Å². The van der Waals surface area contributed by atoms with Crippen molar-refractivity contribution in [1.29, 1.82) is 0 Å². The van der Waals surface area contributed by atoms with E-state index in [0.29, 0.717) is 5.56 Å². The number of benzene rings is 2. The van der Waals surface area contributed by atoms with Crippen LogP contribution in [0.25, 0.3) is 0 Å². The molecule has 1 amide bonds. The van der Waals surface area contributed by atoms with Crippen LogP contribution in [0.15, 0.2) is 30.3 Å². The monoisotopic (exact) mass is 360 g/mol. The fraction of sp³-hybridized carbons (Fsp3) is 0.133. The van der Waals surface area contributed by atoms with Crippen molar-refractivity contribution in [1.82, 2.24) is 0 Å². The molecule has 0 spiro atoms. The average Bonchev–Trinajstić information content (AvgIpc) is 2.56. The molecule has 2 aromatic carbocycles. The number of amides is 1. The Morgan fingerprint density at radius 2 is 1.50 bits per heavy atom. The lowest BCUT2D eigenvalue weighted by atomic mass is 10.0. The van der Waals surface area contributed by atoms with Gasteiger partial charge in [0.15, 0.2) is 0 Å². The van der Waals surface area contributed by atoms with E-state index in [1.165, 1.54) is 19.1 Å². The maximum Gasteiger partial charge on any atom is 0.279 e. The summed E-state index contributed by atoms with van der Waals surface area (Å²) in [5, 5.41) is 35.3. The van der Waals surface area contributed by atoms with Gasteiger partial charge >= 0.3 is 0 Å². The number of carbonyl (C=O) groups is 1. The minimum atomic E-state index is -0.849. The summed E-state index contributed by atoms with van der Waals surface area (Å²) in [5.74, 6) is -0.849. The lowest BCUT2D eigenvalue weighted by molar-refractivity contribution is -0.394. The Morgan fingerprint density at radius 1 is 0.885 bits per heavy atom. The van der Waals surface area contributed by atoms with E-state index in [0.717, 1.165) is 18.2 Å². The molecule has 0 atom stereocenters. The molecule has 1 N–H and O–H groups in total. The quantitative estimate of drug-likeness (QED) is 0.632. The van der Waals surface area contributed by atoms with Crippen molar-refractivity contribution in [3.63, 3.8) is 0 Å². The van der Waals surface area contributed by atoms with Gasteiger partial charge in [0.1, 0.15) is 0 Å². The van der Waals surface area contributed by atoms with Crippen LogP contribution in [0.3, 0.4) is 0 Å². The molecule has 2 rings (SSSR count). The second-order valence-corrected chi connectivity index (χ2v) is 5.36. The van der Waals surface area contributed by atoms with Crippen molar-refractivity contribution < 1.29 is 19.6 Å². The van der Waals surface area contributed by atoms with Gasteiger partial charge in [0.25, 0.3) is 23.0 Å². The number of carbonyl (C=O) groups excluding carboxylic acids is 1. The van der Waals surface area contributed by atoms with Crippen molar-refractivity contribution in [2.45, 2.75) is 13.8 Å². The van der Waals surface area contributed by atoms with Gasteiger partial charge in [-0.2, -0.15) is 0 Å². The van der Waals surface area contributed by atoms with E-state index in [-0.39, 0.29) is 22.5 Å². The zero-order valence-corrected chi connectivity index (χ0v) is 13.6. The van der Waals surface area contributed by atoms with Crippen LogP contribution in [-0.4, -0.2) is 20.7 Å². The largest absolute Gasteiger partial charge is 0.321 e. The predicted octanol–water partition coefficient (Wildman–Crippen LogP) is 3.28. The van der Waals surface area contributed by atoms with E-state index in [4.69, 9.17) is 0 Å². The minimum Gasteiger partial charge on any atom is -0.321 e. The molecule has 0 unspecified atom stereocenters. The molecule has 26 heavy (non-hydrogen) atoms. The highest BCUT2D eigenvalue weighted by Crippen LogP contribution is 2.29. The zero-order valence-electron chi connectivity index (χ0n) is 13.6. The summed E-state index contributed by atoms with van der Waals surface area (Å²) < 4.78 is 0. The molecule has 11 heteroatoms. The lowest BCUT2D eigenvalue weighted by Crippen LogP contribution is -2.15. The van der Waals surface area contributed by atoms with E-state index < -0.39 is 32.1 Å². The number of hydrogen-bond acceptors (Lipinski definition) is 7. The first-order chi connectivity index (χ1) is 12.1. The topological polar surface area (TPSA) is 159 Å². The Morgan fingerprint density at radius 3 is 2.04 bits per heavy atom. The Bertz CT molecular complexity index is 955. The molecule has 2 aromatic rings. The van der Waals surface area contributed by atoms with Crippen molar-refractivity contribution in [2.75, 3.05) is 5.32 Å². The van der Waals surface area contributed by atoms with E-state index in [1.54, 1.807) is 6.92 Å². The first kappa shape index (κ1) is 18.4.